The van der Waals surface area contributed by atoms with Crippen molar-refractivity contribution in [2.75, 3.05) is 44.3 Å². The number of fused-ring (bicyclic) bond motifs is 2. The van der Waals surface area contributed by atoms with Gasteiger partial charge in [-0.15, -0.1) is 12.4 Å². The summed E-state index contributed by atoms with van der Waals surface area (Å²) in [5, 5.41) is 1.68. The van der Waals surface area contributed by atoms with E-state index in [1.165, 1.54) is 0 Å². The zero-order valence-corrected chi connectivity index (χ0v) is 20.6. The molecule has 6 nitrogen and oxygen atoms in total. The topological polar surface area (TPSA) is 61.5 Å². The highest BCUT2D eigenvalue weighted by Gasteiger charge is 2.24. The quantitative estimate of drug-likeness (QED) is 0.362. The van der Waals surface area contributed by atoms with Crippen molar-refractivity contribution in [3.8, 4) is 0 Å². The first-order valence-corrected chi connectivity index (χ1v) is 12.0. The Bertz CT molecular complexity index is 1220. The van der Waals surface area contributed by atoms with E-state index in [0.717, 1.165) is 70.0 Å². The Hall–Kier alpha value is -1.97. The summed E-state index contributed by atoms with van der Waals surface area (Å²) in [5.74, 6) is -0.0162. The third-order valence-electron chi connectivity index (χ3n) is 5.59. The van der Waals surface area contributed by atoms with Crippen molar-refractivity contribution in [3.63, 3.8) is 0 Å². The minimum atomic E-state index is -0.0162. The highest BCUT2D eigenvalue weighted by Crippen LogP contribution is 2.32. The summed E-state index contributed by atoms with van der Waals surface area (Å²) in [7, 11) is 0. The van der Waals surface area contributed by atoms with Crippen LogP contribution in [0.2, 0.25) is 0 Å². The Balaban J connectivity index is 0.00000245. The van der Waals surface area contributed by atoms with Gasteiger partial charge in [0.05, 0.1) is 29.0 Å². The summed E-state index contributed by atoms with van der Waals surface area (Å²) < 4.78 is 7.52. The number of hydrogen-bond donors (Lipinski definition) is 1. The van der Waals surface area contributed by atoms with Crippen LogP contribution < -0.4 is 4.90 Å². The lowest BCUT2D eigenvalue weighted by atomic mass is 10.1. The fraction of sp³-hybridized carbons (Fsp3) is 0.304. The van der Waals surface area contributed by atoms with Gasteiger partial charge in [-0.1, -0.05) is 45.5 Å². The normalized spacial score (nSPS) is 14.5. The maximum absolute atomic E-state index is 13.7. The summed E-state index contributed by atoms with van der Waals surface area (Å²) in [5.41, 5.74) is 2.56. The zero-order chi connectivity index (χ0) is 21.2. The summed E-state index contributed by atoms with van der Waals surface area (Å²) in [6.45, 7) is 5.03. The molecule has 0 aliphatic carbocycles. The number of aromatic amines is 1. The number of nitrogens with one attached hydrogen (secondary N) is 1. The number of anilines is 1. The smallest absolute Gasteiger partial charge is 0.262 e. The van der Waals surface area contributed by atoms with Crippen molar-refractivity contribution in [2.24, 2.45) is 0 Å². The number of carbonyl (C=O) groups excluding carboxylic acids is 1. The second-order valence-electron chi connectivity index (χ2n) is 7.62. The van der Waals surface area contributed by atoms with Crippen LogP contribution in [-0.2, 0) is 4.74 Å². The summed E-state index contributed by atoms with van der Waals surface area (Å²) >= 11 is 5.09. The van der Waals surface area contributed by atoms with E-state index in [-0.39, 0.29) is 18.3 Å². The van der Waals surface area contributed by atoms with Crippen molar-refractivity contribution in [1.82, 2.24) is 14.9 Å². The number of halogens is 2. The maximum Gasteiger partial charge on any atom is 0.262 e. The highest BCUT2D eigenvalue weighted by atomic mass is 79.9. The van der Waals surface area contributed by atoms with Gasteiger partial charge in [0.15, 0.2) is 5.13 Å². The van der Waals surface area contributed by atoms with Crippen LogP contribution >= 0.6 is 39.7 Å². The number of H-pyrrole nitrogens is 1. The first kappa shape index (κ1) is 23.2. The lowest BCUT2D eigenvalue weighted by molar-refractivity contribution is 0.0376. The molecule has 1 saturated heterocycles. The molecule has 0 unspecified atom stereocenters. The lowest BCUT2D eigenvalue weighted by Crippen LogP contribution is -2.39. The average Bonchev–Trinajstić information content (AvgIpc) is 3.41. The Morgan fingerprint density at radius 2 is 2.03 bits per heavy atom. The second-order valence-corrected chi connectivity index (χ2v) is 9.55. The fourth-order valence-corrected chi connectivity index (χ4v) is 5.50. The standard InChI is InChI=1S/C23H23BrN4O2S.ClH/c24-16-6-7-20-21(14-16)31-23(26-20)28(9-3-8-27-10-12-30-13-11-27)22(29)18-15-25-19-5-2-1-4-17(18)19;/h1-2,4-7,14-15,25H,3,8-13H2;1H. The molecule has 1 N–H and O–H groups in total. The minimum Gasteiger partial charge on any atom is -0.379 e. The molecule has 1 aliphatic heterocycles. The van der Waals surface area contributed by atoms with Crippen molar-refractivity contribution in [3.05, 3.63) is 58.7 Å². The number of thiazole rings is 1. The molecule has 1 aliphatic rings. The van der Waals surface area contributed by atoms with Gasteiger partial charge in [-0.25, -0.2) is 4.98 Å². The van der Waals surface area contributed by atoms with Gasteiger partial charge in [0.1, 0.15) is 0 Å². The molecule has 0 spiro atoms. The number of morpholine rings is 1. The molecule has 2 aromatic heterocycles. The van der Waals surface area contributed by atoms with Gasteiger partial charge in [-0.05, 0) is 30.7 Å². The number of hydrogen-bond acceptors (Lipinski definition) is 5. The summed E-state index contributed by atoms with van der Waals surface area (Å²) in [4.78, 5) is 25.9. The monoisotopic (exact) mass is 534 g/mol. The molecule has 3 heterocycles. The predicted octanol–water partition coefficient (Wildman–Crippen LogP) is 5.33. The highest BCUT2D eigenvalue weighted by molar-refractivity contribution is 9.10. The van der Waals surface area contributed by atoms with Crippen LogP contribution in [0.3, 0.4) is 0 Å². The number of nitrogens with zero attached hydrogens (tertiary/aromatic N) is 3. The molecule has 0 saturated carbocycles. The molecule has 0 bridgehead atoms. The van der Waals surface area contributed by atoms with Crippen LogP contribution in [0.5, 0.6) is 0 Å². The number of amides is 1. The molecule has 168 valence electrons. The number of rotatable bonds is 6. The van der Waals surface area contributed by atoms with E-state index < -0.39 is 0 Å². The van der Waals surface area contributed by atoms with Gasteiger partial charge in [0.25, 0.3) is 5.91 Å². The second kappa shape index (κ2) is 10.3. The Kier molecular flexibility index (Phi) is 7.48. The third kappa shape index (κ3) is 4.84. The van der Waals surface area contributed by atoms with Crippen LogP contribution in [0.25, 0.3) is 21.1 Å². The van der Waals surface area contributed by atoms with E-state index >= 15 is 0 Å². The van der Waals surface area contributed by atoms with E-state index in [4.69, 9.17) is 9.72 Å². The zero-order valence-electron chi connectivity index (χ0n) is 17.4. The number of para-hydroxylation sites is 1. The van der Waals surface area contributed by atoms with Gasteiger partial charge in [0, 0.05) is 47.8 Å². The van der Waals surface area contributed by atoms with Crippen molar-refractivity contribution >= 4 is 71.8 Å². The van der Waals surface area contributed by atoms with E-state index in [1.54, 1.807) is 11.3 Å². The fourth-order valence-electron chi connectivity index (χ4n) is 3.96. The van der Waals surface area contributed by atoms with E-state index in [0.29, 0.717) is 12.1 Å². The number of aromatic nitrogens is 2. The molecule has 5 rings (SSSR count). The molecule has 0 atom stereocenters. The Morgan fingerprint density at radius 3 is 2.88 bits per heavy atom. The molecule has 1 fully saturated rings. The summed E-state index contributed by atoms with van der Waals surface area (Å²) in [6, 6.07) is 13.9. The molecule has 1 amide bonds. The maximum atomic E-state index is 13.7. The van der Waals surface area contributed by atoms with Crippen molar-refractivity contribution in [1.29, 1.82) is 0 Å². The lowest BCUT2D eigenvalue weighted by Gasteiger charge is -2.27. The van der Waals surface area contributed by atoms with Crippen molar-refractivity contribution < 1.29 is 9.53 Å². The number of carbonyl (C=O) groups is 1. The molecular formula is C23H24BrClN4O2S. The molecule has 2 aromatic carbocycles. The van der Waals surface area contributed by atoms with Gasteiger partial charge < -0.3 is 9.72 Å². The largest absolute Gasteiger partial charge is 0.379 e. The Labute approximate surface area is 205 Å². The van der Waals surface area contributed by atoms with Crippen LogP contribution in [0, 0.1) is 0 Å². The molecule has 9 heteroatoms. The number of ether oxygens (including phenoxy) is 1. The summed E-state index contributed by atoms with van der Waals surface area (Å²) in [6.07, 6.45) is 2.69. The van der Waals surface area contributed by atoms with Crippen LogP contribution in [0.1, 0.15) is 16.8 Å². The molecule has 0 radical (unpaired) electrons. The van der Waals surface area contributed by atoms with Gasteiger partial charge >= 0.3 is 0 Å². The Morgan fingerprint density at radius 1 is 1.22 bits per heavy atom. The first-order valence-electron chi connectivity index (χ1n) is 10.4. The third-order valence-corrected chi connectivity index (χ3v) is 7.13. The SMILES string of the molecule is Cl.O=C(c1c[nH]c2ccccc12)N(CCCN1CCOCC1)c1nc2ccc(Br)cc2s1. The minimum absolute atomic E-state index is 0. The van der Waals surface area contributed by atoms with E-state index in [9.17, 15) is 4.79 Å². The molecule has 32 heavy (non-hydrogen) atoms. The first-order chi connectivity index (χ1) is 15.2. The van der Waals surface area contributed by atoms with Crippen LogP contribution in [-0.4, -0.2) is 60.2 Å². The van der Waals surface area contributed by atoms with Crippen LogP contribution in [0.15, 0.2) is 53.1 Å². The van der Waals surface area contributed by atoms with Crippen molar-refractivity contribution in [2.45, 2.75) is 6.42 Å². The van der Waals surface area contributed by atoms with Gasteiger partial charge in [0.2, 0.25) is 0 Å². The molecular weight excluding hydrogens is 512 g/mol. The van der Waals surface area contributed by atoms with Crippen LogP contribution in [0.4, 0.5) is 5.13 Å². The predicted molar refractivity (Wildman–Crippen MR) is 136 cm³/mol. The molecule has 4 aromatic rings. The van der Waals surface area contributed by atoms with Gasteiger partial charge in [-0.3, -0.25) is 14.6 Å². The average molecular weight is 536 g/mol. The van der Waals surface area contributed by atoms with E-state index in [2.05, 4.69) is 31.9 Å². The van der Waals surface area contributed by atoms with Gasteiger partial charge in [-0.2, -0.15) is 0 Å². The number of benzene rings is 2. The van der Waals surface area contributed by atoms with E-state index in [1.807, 2.05) is 47.5 Å².